The monoisotopic (exact) mass is 366 g/mol. The van der Waals surface area contributed by atoms with Crippen molar-refractivity contribution in [2.24, 2.45) is 0 Å². The number of likely N-dealkylation sites (tertiary alicyclic amines) is 1. The Morgan fingerprint density at radius 3 is 2.37 bits per heavy atom. The summed E-state index contributed by atoms with van der Waals surface area (Å²) in [6.07, 6.45) is 2.54. The van der Waals surface area contributed by atoms with Crippen molar-refractivity contribution in [3.05, 3.63) is 64.7 Å². The van der Waals surface area contributed by atoms with Gasteiger partial charge in [0.25, 0.3) is 5.91 Å². The van der Waals surface area contributed by atoms with E-state index in [9.17, 15) is 9.59 Å². The van der Waals surface area contributed by atoms with E-state index in [-0.39, 0.29) is 11.9 Å². The van der Waals surface area contributed by atoms with Gasteiger partial charge in [-0.1, -0.05) is 18.2 Å². The van der Waals surface area contributed by atoms with E-state index in [0.29, 0.717) is 23.4 Å². The lowest BCUT2D eigenvalue weighted by atomic mass is 10.1. The molecule has 0 bridgehead atoms. The Morgan fingerprint density at radius 1 is 1.04 bits per heavy atom. The van der Waals surface area contributed by atoms with E-state index in [2.05, 4.69) is 10.2 Å². The van der Waals surface area contributed by atoms with E-state index < -0.39 is 0 Å². The maximum Gasteiger partial charge on any atom is 0.338 e. The topological polar surface area (TPSA) is 58.6 Å². The van der Waals surface area contributed by atoms with Crippen molar-refractivity contribution in [3.63, 3.8) is 0 Å². The summed E-state index contributed by atoms with van der Waals surface area (Å²) in [4.78, 5) is 26.9. The van der Waals surface area contributed by atoms with Crippen molar-refractivity contribution in [1.29, 1.82) is 0 Å². The van der Waals surface area contributed by atoms with Gasteiger partial charge in [0.2, 0.25) is 0 Å². The van der Waals surface area contributed by atoms with Crippen LogP contribution in [0.2, 0.25) is 0 Å². The number of rotatable bonds is 6. The molecular formula is C22H26N2O3. The number of nitrogens with one attached hydrogen (secondary N) is 1. The number of ether oxygens (including phenoxy) is 1. The van der Waals surface area contributed by atoms with E-state index in [1.54, 1.807) is 25.1 Å². The Hall–Kier alpha value is -2.66. The van der Waals surface area contributed by atoms with Gasteiger partial charge in [0.05, 0.1) is 12.2 Å². The SMILES string of the molecule is CCOC(=O)c1ccc(C)c(NC(=O)c2ccc(CN3CCCC3)cc2)c1. The minimum atomic E-state index is -0.390. The quantitative estimate of drug-likeness (QED) is 0.785. The smallest absolute Gasteiger partial charge is 0.338 e. The van der Waals surface area contributed by atoms with Crippen molar-refractivity contribution in [3.8, 4) is 0 Å². The van der Waals surface area contributed by atoms with Crippen LogP contribution in [-0.2, 0) is 11.3 Å². The molecule has 2 aromatic carbocycles. The molecule has 1 N–H and O–H groups in total. The number of aryl methyl sites for hydroxylation is 1. The van der Waals surface area contributed by atoms with Crippen LogP contribution in [-0.4, -0.2) is 36.5 Å². The van der Waals surface area contributed by atoms with Crippen LogP contribution in [0.25, 0.3) is 0 Å². The van der Waals surface area contributed by atoms with E-state index in [0.717, 1.165) is 25.2 Å². The third-order valence-electron chi connectivity index (χ3n) is 4.82. The largest absolute Gasteiger partial charge is 0.462 e. The van der Waals surface area contributed by atoms with Crippen LogP contribution in [0.3, 0.4) is 0 Å². The molecule has 2 aromatic rings. The molecule has 1 aliphatic rings. The third-order valence-corrected chi connectivity index (χ3v) is 4.82. The van der Waals surface area contributed by atoms with E-state index in [4.69, 9.17) is 4.74 Å². The van der Waals surface area contributed by atoms with Crippen LogP contribution < -0.4 is 5.32 Å². The van der Waals surface area contributed by atoms with Crippen molar-refractivity contribution in [2.45, 2.75) is 33.2 Å². The van der Waals surface area contributed by atoms with Crippen LogP contribution in [0, 0.1) is 6.92 Å². The van der Waals surface area contributed by atoms with E-state index in [1.807, 2.05) is 31.2 Å². The van der Waals surface area contributed by atoms with Crippen molar-refractivity contribution in [1.82, 2.24) is 4.90 Å². The van der Waals surface area contributed by atoms with Crippen molar-refractivity contribution < 1.29 is 14.3 Å². The number of nitrogens with zero attached hydrogens (tertiary/aromatic N) is 1. The van der Waals surface area contributed by atoms with Crippen LogP contribution in [0.1, 0.15) is 51.6 Å². The van der Waals surface area contributed by atoms with Crippen molar-refractivity contribution >= 4 is 17.6 Å². The molecule has 5 heteroatoms. The zero-order chi connectivity index (χ0) is 19.2. The normalized spacial score (nSPS) is 14.1. The lowest BCUT2D eigenvalue weighted by Gasteiger charge is -2.15. The molecule has 0 unspecified atom stereocenters. The molecule has 0 saturated carbocycles. The predicted octanol–water partition coefficient (Wildman–Crippen LogP) is 4.02. The molecule has 0 radical (unpaired) electrons. The second kappa shape index (κ2) is 8.82. The fourth-order valence-electron chi connectivity index (χ4n) is 3.25. The first kappa shape index (κ1) is 19.1. The Balaban J connectivity index is 1.67. The number of carbonyl (C=O) groups excluding carboxylic acids is 2. The standard InChI is InChI=1S/C22H26N2O3/c1-3-27-22(26)19-9-6-16(2)20(14-19)23-21(25)18-10-7-17(8-11-18)15-24-12-4-5-13-24/h6-11,14H,3-5,12-13,15H2,1-2H3,(H,23,25). The van der Waals surface area contributed by atoms with Gasteiger partial charge in [-0.25, -0.2) is 4.79 Å². The van der Waals surface area contributed by atoms with E-state index in [1.165, 1.54) is 18.4 Å². The molecule has 27 heavy (non-hydrogen) atoms. The van der Waals surface area contributed by atoms with E-state index >= 15 is 0 Å². The zero-order valence-corrected chi connectivity index (χ0v) is 16.0. The highest BCUT2D eigenvalue weighted by atomic mass is 16.5. The number of carbonyl (C=O) groups is 2. The maximum absolute atomic E-state index is 12.6. The maximum atomic E-state index is 12.6. The number of anilines is 1. The molecule has 0 aromatic heterocycles. The molecule has 0 atom stereocenters. The predicted molar refractivity (Wildman–Crippen MR) is 106 cm³/mol. The van der Waals surface area contributed by atoms with Gasteiger partial charge >= 0.3 is 5.97 Å². The minimum Gasteiger partial charge on any atom is -0.462 e. The molecule has 1 fully saturated rings. The number of esters is 1. The van der Waals surface area contributed by atoms with Gasteiger partial charge < -0.3 is 10.1 Å². The first-order valence-corrected chi connectivity index (χ1v) is 9.47. The highest BCUT2D eigenvalue weighted by Gasteiger charge is 2.14. The van der Waals surface area contributed by atoms with Gasteiger partial charge in [-0.3, -0.25) is 9.69 Å². The lowest BCUT2D eigenvalue weighted by molar-refractivity contribution is 0.0526. The molecule has 1 saturated heterocycles. The number of amides is 1. The third kappa shape index (κ3) is 4.95. The molecule has 1 heterocycles. The second-order valence-electron chi connectivity index (χ2n) is 6.88. The first-order chi connectivity index (χ1) is 13.1. The highest BCUT2D eigenvalue weighted by Crippen LogP contribution is 2.19. The summed E-state index contributed by atoms with van der Waals surface area (Å²) in [7, 11) is 0. The Labute approximate surface area is 160 Å². The van der Waals surface area contributed by atoms with Gasteiger partial charge in [0.15, 0.2) is 0 Å². The summed E-state index contributed by atoms with van der Waals surface area (Å²) < 4.78 is 5.02. The fourth-order valence-corrected chi connectivity index (χ4v) is 3.25. The Kier molecular flexibility index (Phi) is 6.24. The van der Waals surface area contributed by atoms with Crippen LogP contribution in [0.15, 0.2) is 42.5 Å². The molecule has 1 amide bonds. The average Bonchev–Trinajstić information content (AvgIpc) is 3.17. The van der Waals surface area contributed by atoms with Gasteiger partial charge in [-0.15, -0.1) is 0 Å². The number of benzene rings is 2. The van der Waals surface area contributed by atoms with Crippen LogP contribution in [0.4, 0.5) is 5.69 Å². The molecule has 1 aliphatic heterocycles. The summed E-state index contributed by atoms with van der Waals surface area (Å²) in [5, 5.41) is 2.90. The molecule has 142 valence electrons. The molecule has 5 nitrogen and oxygen atoms in total. The number of hydrogen-bond acceptors (Lipinski definition) is 4. The lowest BCUT2D eigenvalue weighted by Crippen LogP contribution is -2.18. The summed E-state index contributed by atoms with van der Waals surface area (Å²) in [6.45, 7) is 7.21. The van der Waals surface area contributed by atoms with Crippen molar-refractivity contribution in [2.75, 3.05) is 25.0 Å². The fraction of sp³-hybridized carbons (Fsp3) is 0.364. The highest BCUT2D eigenvalue weighted by molar-refractivity contribution is 6.05. The summed E-state index contributed by atoms with van der Waals surface area (Å²) in [5.41, 5.74) is 3.75. The van der Waals surface area contributed by atoms with Gasteiger partial charge in [0.1, 0.15) is 0 Å². The van der Waals surface area contributed by atoms with Crippen LogP contribution in [0.5, 0.6) is 0 Å². The molecule has 0 aliphatic carbocycles. The summed E-state index contributed by atoms with van der Waals surface area (Å²) in [6, 6.07) is 12.9. The molecule has 3 rings (SSSR count). The summed E-state index contributed by atoms with van der Waals surface area (Å²) in [5.74, 6) is -0.578. The second-order valence-corrected chi connectivity index (χ2v) is 6.88. The minimum absolute atomic E-state index is 0.188. The first-order valence-electron chi connectivity index (χ1n) is 9.47. The van der Waals surface area contributed by atoms with Gasteiger partial charge in [-0.2, -0.15) is 0 Å². The van der Waals surface area contributed by atoms with Crippen LogP contribution >= 0.6 is 0 Å². The van der Waals surface area contributed by atoms with Gasteiger partial charge in [-0.05, 0) is 75.2 Å². The number of hydrogen-bond donors (Lipinski definition) is 1. The Morgan fingerprint density at radius 2 is 1.70 bits per heavy atom. The molecule has 0 spiro atoms. The average molecular weight is 366 g/mol. The molecular weight excluding hydrogens is 340 g/mol. The van der Waals surface area contributed by atoms with Gasteiger partial charge in [0, 0.05) is 17.8 Å². The summed E-state index contributed by atoms with van der Waals surface area (Å²) >= 11 is 0. The Bertz CT molecular complexity index is 809. The zero-order valence-electron chi connectivity index (χ0n) is 16.0.